The molecule has 1 heteroatoms. The highest BCUT2D eigenvalue weighted by molar-refractivity contribution is 5.85. The maximum atomic E-state index is 6.01. The molecule has 0 aliphatic heterocycles. The average Bonchev–Trinajstić information content (AvgIpc) is 2.47. The van der Waals surface area contributed by atoms with E-state index in [1.165, 1.54) is 16.3 Å². The van der Waals surface area contributed by atoms with E-state index in [1.54, 1.807) is 0 Å². The predicted molar refractivity (Wildman–Crippen MR) is 79.4 cm³/mol. The molecule has 0 radical (unpaired) electrons. The Bertz CT molecular complexity index is 668. The first-order valence-electron chi connectivity index (χ1n) is 6.54. The zero-order valence-electron chi connectivity index (χ0n) is 10.9. The number of rotatable bonds is 3. The van der Waals surface area contributed by atoms with Gasteiger partial charge in [-0.3, -0.25) is 0 Å². The van der Waals surface area contributed by atoms with Crippen LogP contribution in [-0.2, 0) is 0 Å². The van der Waals surface area contributed by atoms with Crippen LogP contribution in [0, 0.1) is 0 Å². The molecule has 3 aromatic rings. The molecule has 0 bridgehead atoms. The van der Waals surface area contributed by atoms with Gasteiger partial charge in [-0.15, -0.1) is 0 Å². The van der Waals surface area contributed by atoms with E-state index in [-0.39, 0.29) is 6.10 Å². The van der Waals surface area contributed by atoms with Gasteiger partial charge in [0.05, 0.1) is 0 Å². The molecule has 0 heterocycles. The van der Waals surface area contributed by atoms with Gasteiger partial charge in [0.25, 0.3) is 0 Å². The minimum Gasteiger partial charge on any atom is -0.486 e. The van der Waals surface area contributed by atoms with Crippen molar-refractivity contribution in [2.75, 3.05) is 0 Å². The molecule has 3 aromatic carbocycles. The summed E-state index contributed by atoms with van der Waals surface area (Å²) in [5, 5.41) is 2.51. The van der Waals surface area contributed by atoms with Gasteiger partial charge >= 0.3 is 0 Å². The summed E-state index contributed by atoms with van der Waals surface area (Å²) >= 11 is 0. The molecule has 19 heavy (non-hydrogen) atoms. The fourth-order valence-corrected chi connectivity index (χ4v) is 2.37. The van der Waals surface area contributed by atoms with Gasteiger partial charge in [-0.25, -0.2) is 0 Å². The highest BCUT2D eigenvalue weighted by Crippen LogP contribution is 2.27. The third-order valence-corrected chi connectivity index (χ3v) is 3.32. The summed E-state index contributed by atoms with van der Waals surface area (Å²) in [5.74, 6) is 0.905. The van der Waals surface area contributed by atoms with Gasteiger partial charge in [0.2, 0.25) is 0 Å². The second-order valence-corrected chi connectivity index (χ2v) is 4.64. The Kier molecular flexibility index (Phi) is 3.20. The molecule has 1 unspecified atom stereocenters. The van der Waals surface area contributed by atoms with Crippen LogP contribution >= 0.6 is 0 Å². The average molecular weight is 248 g/mol. The molecule has 0 aliphatic carbocycles. The second kappa shape index (κ2) is 5.15. The van der Waals surface area contributed by atoms with E-state index in [1.807, 2.05) is 30.3 Å². The highest BCUT2D eigenvalue weighted by atomic mass is 16.5. The zero-order chi connectivity index (χ0) is 13.1. The van der Waals surface area contributed by atoms with Crippen molar-refractivity contribution >= 4 is 10.8 Å². The number of hydrogen-bond acceptors (Lipinski definition) is 1. The quantitative estimate of drug-likeness (QED) is 0.635. The van der Waals surface area contributed by atoms with Crippen molar-refractivity contribution in [3.63, 3.8) is 0 Å². The largest absolute Gasteiger partial charge is 0.486 e. The van der Waals surface area contributed by atoms with Crippen LogP contribution in [0.3, 0.4) is 0 Å². The Morgan fingerprint density at radius 2 is 1.42 bits per heavy atom. The van der Waals surface area contributed by atoms with Crippen LogP contribution in [0.1, 0.15) is 18.6 Å². The minimum absolute atomic E-state index is 0.0356. The van der Waals surface area contributed by atoms with Gasteiger partial charge in [0.1, 0.15) is 11.9 Å². The molecule has 0 aliphatic rings. The van der Waals surface area contributed by atoms with E-state index in [0.29, 0.717) is 0 Å². The van der Waals surface area contributed by atoms with Crippen molar-refractivity contribution < 1.29 is 4.74 Å². The van der Waals surface area contributed by atoms with E-state index in [4.69, 9.17) is 4.74 Å². The van der Waals surface area contributed by atoms with Gasteiger partial charge in [-0.2, -0.15) is 0 Å². The molecule has 0 N–H and O–H groups in total. The molecule has 0 saturated heterocycles. The number of para-hydroxylation sites is 1. The maximum absolute atomic E-state index is 6.01. The lowest BCUT2D eigenvalue weighted by Gasteiger charge is -2.17. The highest BCUT2D eigenvalue weighted by Gasteiger charge is 2.10. The molecular formula is C18H16O. The van der Waals surface area contributed by atoms with Crippen molar-refractivity contribution in [2.45, 2.75) is 13.0 Å². The van der Waals surface area contributed by atoms with Gasteiger partial charge in [0, 0.05) is 0 Å². The number of benzene rings is 3. The lowest BCUT2D eigenvalue weighted by Crippen LogP contribution is -2.03. The normalized spacial score (nSPS) is 12.3. The van der Waals surface area contributed by atoms with E-state index < -0.39 is 0 Å². The molecule has 0 fully saturated rings. The number of ether oxygens (including phenoxy) is 1. The van der Waals surface area contributed by atoms with Gasteiger partial charge in [0.15, 0.2) is 0 Å². The smallest absolute Gasteiger partial charge is 0.122 e. The number of hydrogen-bond donors (Lipinski definition) is 0. The summed E-state index contributed by atoms with van der Waals surface area (Å²) in [4.78, 5) is 0. The first-order chi connectivity index (χ1) is 9.34. The molecule has 0 aromatic heterocycles. The van der Waals surface area contributed by atoms with Crippen molar-refractivity contribution in [1.82, 2.24) is 0 Å². The first kappa shape index (κ1) is 11.8. The monoisotopic (exact) mass is 248 g/mol. The van der Waals surface area contributed by atoms with Crippen molar-refractivity contribution in [3.8, 4) is 5.75 Å². The summed E-state index contributed by atoms with van der Waals surface area (Å²) in [5.41, 5.74) is 1.22. The van der Waals surface area contributed by atoms with Crippen LogP contribution in [0.25, 0.3) is 10.8 Å². The first-order valence-corrected chi connectivity index (χ1v) is 6.54. The van der Waals surface area contributed by atoms with Gasteiger partial charge in [-0.05, 0) is 35.4 Å². The summed E-state index contributed by atoms with van der Waals surface area (Å²) in [7, 11) is 0. The summed E-state index contributed by atoms with van der Waals surface area (Å²) < 4.78 is 6.01. The molecule has 0 saturated carbocycles. The standard InChI is InChI=1S/C18H16O/c1-14(19-16-10-3-2-4-11-16)17-13-7-9-15-8-5-6-12-18(15)17/h2-14H,1H3. The molecular weight excluding hydrogens is 232 g/mol. The molecule has 1 atom stereocenters. The fourth-order valence-electron chi connectivity index (χ4n) is 2.37. The van der Waals surface area contributed by atoms with Crippen LogP contribution in [0.4, 0.5) is 0 Å². The summed E-state index contributed by atoms with van der Waals surface area (Å²) in [6, 6.07) is 24.7. The molecule has 3 rings (SSSR count). The lowest BCUT2D eigenvalue weighted by molar-refractivity contribution is 0.228. The molecule has 1 nitrogen and oxygen atoms in total. The predicted octanol–water partition coefficient (Wildman–Crippen LogP) is 4.98. The van der Waals surface area contributed by atoms with Crippen LogP contribution in [0.5, 0.6) is 5.75 Å². The van der Waals surface area contributed by atoms with E-state index in [9.17, 15) is 0 Å². The fraction of sp³-hybridized carbons (Fsp3) is 0.111. The topological polar surface area (TPSA) is 9.23 Å². The van der Waals surface area contributed by atoms with E-state index in [2.05, 4.69) is 49.4 Å². The SMILES string of the molecule is CC(Oc1ccccc1)c1cccc2ccccc12. The van der Waals surface area contributed by atoms with E-state index >= 15 is 0 Å². The third kappa shape index (κ3) is 2.45. The Morgan fingerprint density at radius 3 is 2.26 bits per heavy atom. The van der Waals surface area contributed by atoms with Crippen molar-refractivity contribution in [2.24, 2.45) is 0 Å². The minimum atomic E-state index is 0.0356. The Balaban J connectivity index is 1.96. The van der Waals surface area contributed by atoms with Crippen LogP contribution in [-0.4, -0.2) is 0 Å². The maximum Gasteiger partial charge on any atom is 0.122 e. The molecule has 0 amide bonds. The Labute approximate surface area is 113 Å². The van der Waals surface area contributed by atoms with E-state index in [0.717, 1.165) is 5.75 Å². The second-order valence-electron chi connectivity index (χ2n) is 4.64. The van der Waals surface area contributed by atoms with Gasteiger partial charge < -0.3 is 4.74 Å². The van der Waals surface area contributed by atoms with Gasteiger partial charge in [-0.1, -0.05) is 60.7 Å². The number of fused-ring (bicyclic) bond motifs is 1. The van der Waals surface area contributed by atoms with Crippen LogP contribution in [0.15, 0.2) is 72.8 Å². The van der Waals surface area contributed by atoms with Crippen molar-refractivity contribution in [1.29, 1.82) is 0 Å². The van der Waals surface area contributed by atoms with Crippen molar-refractivity contribution in [3.05, 3.63) is 78.4 Å². The molecule has 0 spiro atoms. The van der Waals surface area contributed by atoms with Crippen LogP contribution in [0.2, 0.25) is 0 Å². The Morgan fingerprint density at radius 1 is 0.737 bits per heavy atom. The summed E-state index contributed by atoms with van der Waals surface area (Å²) in [6.07, 6.45) is 0.0356. The zero-order valence-corrected chi connectivity index (χ0v) is 10.9. The van der Waals surface area contributed by atoms with Crippen LogP contribution < -0.4 is 4.74 Å². The Hall–Kier alpha value is -2.28. The summed E-state index contributed by atoms with van der Waals surface area (Å²) in [6.45, 7) is 2.09. The third-order valence-electron chi connectivity index (χ3n) is 3.32. The molecule has 94 valence electrons. The lowest BCUT2D eigenvalue weighted by atomic mass is 10.0.